The molecule has 0 fully saturated rings. The normalized spacial score (nSPS) is 12.8. The van der Waals surface area contributed by atoms with Crippen LogP contribution in [0, 0.1) is 0 Å². The number of thiazole rings is 1. The number of rotatable bonds is 6. The SMILES string of the molecule is NC(CCCc1ccccc1)Cc1cn2ccsc2n1. The van der Waals surface area contributed by atoms with Gasteiger partial charge in [0, 0.05) is 30.2 Å². The fourth-order valence-electron chi connectivity index (χ4n) is 2.46. The molecule has 0 aliphatic rings. The lowest BCUT2D eigenvalue weighted by molar-refractivity contribution is 0.575. The fourth-order valence-corrected chi connectivity index (χ4v) is 3.18. The summed E-state index contributed by atoms with van der Waals surface area (Å²) < 4.78 is 2.07. The Balaban J connectivity index is 1.47. The van der Waals surface area contributed by atoms with Crippen LogP contribution in [0.25, 0.3) is 4.96 Å². The summed E-state index contributed by atoms with van der Waals surface area (Å²) in [5.74, 6) is 0. The van der Waals surface area contributed by atoms with E-state index in [4.69, 9.17) is 5.73 Å². The Bertz CT molecular complexity index is 628. The third-order valence-corrected chi connectivity index (χ3v) is 4.27. The molecule has 1 aromatic carbocycles. The second-order valence-corrected chi connectivity index (χ2v) is 6.04. The number of hydrogen-bond acceptors (Lipinski definition) is 3. The lowest BCUT2D eigenvalue weighted by atomic mass is 10.0. The summed E-state index contributed by atoms with van der Waals surface area (Å²) in [6.07, 6.45) is 8.27. The number of imidazole rings is 1. The van der Waals surface area contributed by atoms with Crippen molar-refractivity contribution in [3.05, 3.63) is 59.4 Å². The molecule has 0 spiro atoms. The number of fused-ring (bicyclic) bond motifs is 1. The predicted octanol–water partition coefficient (Wildman–Crippen LogP) is 3.29. The van der Waals surface area contributed by atoms with Crippen molar-refractivity contribution >= 4 is 16.3 Å². The Morgan fingerprint density at radius 1 is 1.25 bits per heavy atom. The molecule has 0 aliphatic heterocycles. The van der Waals surface area contributed by atoms with E-state index in [1.54, 1.807) is 11.3 Å². The molecular formula is C16H19N3S. The first-order chi connectivity index (χ1) is 9.81. The molecule has 0 bridgehead atoms. The van der Waals surface area contributed by atoms with Crippen molar-refractivity contribution in [3.8, 4) is 0 Å². The van der Waals surface area contributed by atoms with Gasteiger partial charge in [-0.15, -0.1) is 11.3 Å². The van der Waals surface area contributed by atoms with Gasteiger partial charge in [-0.2, -0.15) is 0 Å². The van der Waals surface area contributed by atoms with E-state index in [0.717, 1.165) is 36.3 Å². The van der Waals surface area contributed by atoms with Gasteiger partial charge in [-0.25, -0.2) is 4.98 Å². The molecular weight excluding hydrogens is 266 g/mol. The first-order valence-corrected chi connectivity index (χ1v) is 7.90. The number of nitrogens with zero attached hydrogens (tertiary/aromatic N) is 2. The van der Waals surface area contributed by atoms with Crippen molar-refractivity contribution in [1.82, 2.24) is 9.38 Å². The highest BCUT2D eigenvalue weighted by Gasteiger charge is 2.08. The summed E-state index contributed by atoms with van der Waals surface area (Å²) in [5, 5.41) is 2.05. The van der Waals surface area contributed by atoms with Crippen LogP contribution in [0.5, 0.6) is 0 Å². The minimum absolute atomic E-state index is 0.198. The van der Waals surface area contributed by atoms with Crippen LogP contribution in [0.1, 0.15) is 24.1 Å². The fraction of sp³-hybridized carbons (Fsp3) is 0.312. The average molecular weight is 285 g/mol. The molecule has 1 atom stereocenters. The minimum Gasteiger partial charge on any atom is -0.327 e. The highest BCUT2D eigenvalue weighted by atomic mass is 32.1. The molecule has 3 rings (SSSR count). The van der Waals surface area contributed by atoms with Crippen molar-refractivity contribution < 1.29 is 0 Å². The van der Waals surface area contributed by atoms with Gasteiger partial charge in [0.2, 0.25) is 0 Å². The second kappa shape index (κ2) is 6.20. The Kier molecular flexibility index (Phi) is 4.14. The zero-order chi connectivity index (χ0) is 13.8. The van der Waals surface area contributed by atoms with E-state index in [0.29, 0.717) is 0 Å². The van der Waals surface area contributed by atoms with Crippen molar-refractivity contribution in [2.24, 2.45) is 5.73 Å². The van der Waals surface area contributed by atoms with Crippen molar-refractivity contribution in [1.29, 1.82) is 0 Å². The first kappa shape index (κ1) is 13.3. The highest BCUT2D eigenvalue weighted by molar-refractivity contribution is 7.15. The number of aromatic nitrogens is 2. The molecule has 2 aromatic heterocycles. The molecule has 2 N–H and O–H groups in total. The van der Waals surface area contributed by atoms with Crippen molar-refractivity contribution in [2.45, 2.75) is 31.7 Å². The third kappa shape index (κ3) is 3.26. The lowest BCUT2D eigenvalue weighted by Crippen LogP contribution is -2.23. The zero-order valence-electron chi connectivity index (χ0n) is 11.4. The molecule has 20 heavy (non-hydrogen) atoms. The van der Waals surface area contributed by atoms with Gasteiger partial charge in [-0.05, 0) is 24.8 Å². The zero-order valence-corrected chi connectivity index (χ0v) is 12.2. The van der Waals surface area contributed by atoms with E-state index >= 15 is 0 Å². The molecule has 3 aromatic rings. The van der Waals surface area contributed by atoms with E-state index in [2.05, 4.69) is 45.9 Å². The molecule has 0 saturated carbocycles. The molecule has 3 nitrogen and oxygen atoms in total. The topological polar surface area (TPSA) is 43.3 Å². The van der Waals surface area contributed by atoms with Crippen LogP contribution < -0.4 is 5.73 Å². The smallest absolute Gasteiger partial charge is 0.193 e. The largest absolute Gasteiger partial charge is 0.327 e. The van der Waals surface area contributed by atoms with Gasteiger partial charge >= 0.3 is 0 Å². The lowest BCUT2D eigenvalue weighted by Gasteiger charge is -2.09. The first-order valence-electron chi connectivity index (χ1n) is 7.02. The van der Waals surface area contributed by atoms with Crippen molar-refractivity contribution in [3.63, 3.8) is 0 Å². The minimum atomic E-state index is 0.198. The maximum absolute atomic E-state index is 6.21. The van der Waals surface area contributed by atoms with Crippen LogP contribution in [0.15, 0.2) is 48.1 Å². The molecule has 0 amide bonds. The Labute approximate surface area is 123 Å². The molecule has 1 unspecified atom stereocenters. The third-order valence-electron chi connectivity index (χ3n) is 3.50. The van der Waals surface area contributed by atoms with Crippen LogP contribution in [-0.4, -0.2) is 15.4 Å². The summed E-state index contributed by atoms with van der Waals surface area (Å²) in [6, 6.07) is 10.8. The summed E-state index contributed by atoms with van der Waals surface area (Å²) in [7, 11) is 0. The van der Waals surface area contributed by atoms with E-state index in [9.17, 15) is 0 Å². The van der Waals surface area contributed by atoms with Gasteiger partial charge in [-0.3, -0.25) is 4.40 Å². The van der Waals surface area contributed by atoms with Gasteiger partial charge in [0.25, 0.3) is 0 Å². The van der Waals surface area contributed by atoms with Crippen LogP contribution >= 0.6 is 11.3 Å². The number of aryl methyl sites for hydroxylation is 1. The second-order valence-electron chi connectivity index (χ2n) is 5.17. The van der Waals surface area contributed by atoms with Crippen LogP contribution in [-0.2, 0) is 12.8 Å². The van der Waals surface area contributed by atoms with Crippen molar-refractivity contribution in [2.75, 3.05) is 0 Å². The summed E-state index contributed by atoms with van der Waals surface area (Å²) in [4.78, 5) is 5.63. The molecule has 0 radical (unpaired) electrons. The Hall–Kier alpha value is -1.65. The van der Waals surface area contributed by atoms with E-state index in [1.165, 1.54) is 5.56 Å². The average Bonchev–Trinajstić information content (AvgIpc) is 3.01. The predicted molar refractivity (Wildman–Crippen MR) is 84.1 cm³/mol. The van der Waals surface area contributed by atoms with Gasteiger partial charge in [0.15, 0.2) is 4.96 Å². The van der Waals surface area contributed by atoms with Gasteiger partial charge < -0.3 is 5.73 Å². The molecule has 2 heterocycles. The number of benzene rings is 1. The van der Waals surface area contributed by atoms with E-state index in [-0.39, 0.29) is 6.04 Å². The standard InChI is InChI=1S/C16H19N3S/c17-14(8-4-7-13-5-2-1-3-6-13)11-15-12-19-9-10-20-16(19)18-15/h1-3,5-6,9-10,12,14H,4,7-8,11,17H2. The van der Waals surface area contributed by atoms with Crippen LogP contribution in [0.3, 0.4) is 0 Å². The Morgan fingerprint density at radius 3 is 2.90 bits per heavy atom. The maximum atomic E-state index is 6.21. The van der Waals surface area contributed by atoms with Gasteiger partial charge in [0.1, 0.15) is 0 Å². The molecule has 4 heteroatoms. The number of hydrogen-bond donors (Lipinski definition) is 1. The maximum Gasteiger partial charge on any atom is 0.193 e. The van der Waals surface area contributed by atoms with E-state index < -0.39 is 0 Å². The molecule has 104 valence electrons. The van der Waals surface area contributed by atoms with Crippen LogP contribution in [0.2, 0.25) is 0 Å². The number of nitrogens with two attached hydrogens (primary N) is 1. The van der Waals surface area contributed by atoms with E-state index in [1.807, 2.05) is 11.6 Å². The highest BCUT2D eigenvalue weighted by Crippen LogP contribution is 2.14. The van der Waals surface area contributed by atoms with Crippen LogP contribution in [0.4, 0.5) is 0 Å². The Morgan fingerprint density at radius 2 is 2.10 bits per heavy atom. The summed E-state index contributed by atoms with van der Waals surface area (Å²) in [5.41, 5.74) is 8.71. The quantitative estimate of drug-likeness (QED) is 0.755. The van der Waals surface area contributed by atoms with Gasteiger partial charge in [-0.1, -0.05) is 30.3 Å². The molecule has 0 saturated heterocycles. The monoisotopic (exact) mass is 285 g/mol. The summed E-state index contributed by atoms with van der Waals surface area (Å²) in [6.45, 7) is 0. The van der Waals surface area contributed by atoms with Gasteiger partial charge in [0.05, 0.1) is 5.69 Å². The summed E-state index contributed by atoms with van der Waals surface area (Å²) >= 11 is 1.66. The molecule has 0 aliphatic carbocycles.